The average molecular weight is 377 g/mol. The first-order valence-corrected chi connectivity index (χ1v) is 10.6. The number of aryl methyl sites for hydroxylation is 1. The number of hydrogen-bond donors (Lipinski definition) is 0. The van der Waals surface area contributed by atoms with Gasteiger partial charge in [-0.15, -0.1) is 0 Å². The summed E-state index contributed by atoms with van der Waals surface area (Å²) in [5.41, 5.74) is 2.22. The van der Waals surface area contributed by atoms with Gasteiger partial charge in [0, 0.05) is 6.61 Å². The normalized spacial score (nSPS) is 11.6. The molecule has 0 radical (unpaired) electrons. The molecule has 0 aromatic heterocycles. The molecule has 0 aliphatic heterocycles. The van der Waals surface area contributed by atoms with Crippen molar-refractivity contribution in [3.05, 3.63) is 65.7 Å². The van der Waals surface area contributed by atoms with Crippen LogP contribution in [0, 0.1) is 6.92 Å². The molecule has 0 amide bonds. The van der Waals surface area contributed by atoms with Crippen molar-refractivity contribution in [2.75, 3.05) is 13.2 Å². The summed E-state index contributed by atoms with van der Waals surface area (Å²) in [6, 6.07) is 16.9. The van der Waals surface area contributed by atoms with E-state index in [1.165, 1.54) is 5.56 Å². The molecule has 142 valence electrons. The SMILES string of the molecule is Cc1ccc(S(=O)(=O)OCCCCCCCOCc2ccccc2)cc1. The smallest absolute Gasteiger partial charge is 0.296 e. The zero-order valence-corrected chi connectivity index (χ0v) is 16.2. The second kappa shape index (κ2) is 11.1. The largest absolute Gasteiger partial charge is 0.377 e. The maximum absolute atomic E-state index is 12.0. The Morgan fingerprint density at radius 1 is 0.769 bits per heavy atom. The number of benzene rings is 2. The van der Waals surface area contributed by atoms with Gasteiger partial charge in [0.05, 0.1) is 18.1 Å². The van der Waals surface area contributed by atoms with E-state index in [1.54, 1.807) is 24.3 Å². The van der Waals surface area contributed by atoms with Crippen LogP contribution in [0.5, 0.6) is 0 Å². The lowest BCUT2D eigenvalue weighted by Crippen LogP contribution is -2.07. The van der Waals surface area contributed by atoms with Crippen LogP contribution in [0.25, 0.3) is 0 Å². The van der Waals surface area contributed by atoms with Crippen LogP contribution in [0.2, 0.25) is 0 Å². The van der Waals surface area contributed by atoms with Crippen molar-refractivity contribution in [3.8, 4) is 0 Å². The number of rotatable bonds is 12. The Morgan fingerprint density at radius 2 is 1.38 bits per heavy atom. The molecular formula is C21H28O4S. The van der Waals surface area contributed by atoms with E-state index in [0.717, 1.165) is 44.3 Å². The summed E-state index contributed by atoms with van der Waals surface area (Å²) < 4.78 is 34.8. The zero-order chi connectivity index (χ0) is 18.7. The maximum Gasteiger partial charge on any atom is 0.296 e. The highest BCUT2D eigenvalue weighted by atomic mass is 32.2. The molecule has 0 saturated heterocycles. The molecule has 0 N–H and O–H groups in total. The van der Waals surface area contributed by atoms with Crippen LogP contribution >= 0.6 is 0 Å². The van der Waals surface area contributed by atoms with E-state index < -0.39 is 10.1 Å². The Labute approximate surface area is 157 Å². The number of ether oxygens (including phenoxy) is 1. The predicted octanol–water partition coefficient (Wildman–Crippen LogP) is 4.87. The van der Waals surface area contributed by atoms with Gasteiger partial charge in [-0.3, -0.25) is 4.18 Å². The van der Waals surface area contributed by atoms with Crippen LogP contribution in [0.4, 0.5) is 0 Å². The van der Waals surface area contributed by atoms with Gasteiger partial charge in [-0.1, -0.05) is 67.3 Å². The van der Waals surface area contributed by atoms with Gasteiger partial charge in [-0.2, -0.15) is 8.42 Å². The van der Waals surface area contributed by atoms with E-state index in [1.807, 2.05) is 25.1 Å². The molecule has 0 aliphatic carbocycles. The lowest BCUT2D eigenvalue weighted by atomic mass is 10.1. The molecule has 0 heterocycles. The molecule has 2 aromatic carbocycles. The predicted molar refractivity (Wildman–Crippen MR) is 103 cm³/mol. The maximum atomic E-state index is 12.0. The Hall–Kier alpha value is -1.69. The van der Waals surface area contributed by atoms with Crippen LogP contribution in [0.1, 0.15) is 43.2 Å². The summed E-state index contributed by atoms with van der Waals surface area (Å²) >= 11 is 0. The van der Waals surface area contributed by atoms with E-state index >= 15 is 0 Å². The highest BCUT2D eigenvalue weighted by Crippen LogP contribution is 2.14. The van der Waals surface area contributed by atoms with Crippen molar-refractivity contribution in [3.63, 3.8) is 0 Å². The topological polar surface area (TPSA) is 52.6 Å². The molecule has 0 fully saturated rings. The van der Waals surface area contributed by atoms with Crippen LogP contribution in [0.15, 0.2) is 59.5 Å². The molecule has 2 rings (SSSR count). The van der Waals surface area contributed by atoms with Crippen LogP contribution in [-0.2, 0) is 25.6 Å². The molecular weight excluding hydrogens is 348 g/mol. The third kappa shape index (κ3) is 7.68. The summed E-state index contributed by atoms with van der Waals surface area (Å²) in [6.07, 6.45) is 4.87. The third-order valence-electron chi connectivity index (χ3n) is 4.09. The molecule has 2 aromatic rings. The molecule has 0 aliphatic rings. The van der Waals surface area contributed by atoms with E-state index in [0.29, 0.717) is 6.61 Å². The fraction of sp³-hybridized carbons (Fsp3) is 0.429. The van der Waals surface area contributed by atoms with Gasteiger partial charge in [0.1, 0.15) is 0 Å². The van der Waals surface area contributed by atoms with Crippen LogP contribution in [0.3, 0.4) is 0 Å². The standard InChI is InChI=1S/C21H28O4S/c1-19-12-14-21(15-13-19)26(22,23)25-17-9-4-2-3-8-16-24-18-20-10-6-5-7-11-20/h5-7,10-15H,2-4,8-9,16-18H2,1H3. The van der Waals surface area contributed by atoms with Gasteiger partial charge in [0.15, 0.2) is 0 Å². The Kier molecular flexibility index (Phi) is 8.81. The Morgan fingerprint density at radius 3 is 2.08 bits per heavy atom. The fourth-order valence-electron chi connectivity index (χ4n) is 2.54. The minimum absolute atomic E-state index is 0.221. The summed E-state index contributed by atoms with van der Waals surface area (Å²) in [7, 11) is -3.63. The van der Waals surface area contributed by atoms with Crippen molar-refractivity contribution in [2.45, 2.75) is 50.5 Å². The molecule has 0 spiro atoms. The molecule has 26 heavy (non-hydrogen) atoms. The number of hydrogen-bond acceptors (Lipinski definition) is 4. The van der Waals surface area contributed by atoms with Gasteiger partial charge >= 0.3 is 0 Å². The first-order valence-electron chi connectivity index (χ1n) is 9.16. The summed E-state index contributed by atoms with van der Waals surface area (Å²) in [4.78, 5) is 0.221. The molecule has 5 heteroatoms. The Balaban J connectivity index is 1.48. The summed E-state index contributed by atoms with van der Waals surface area (Å²) in [5.74, 6) is 0. The molecule has 0 unspecified atom stereocenters. The van der Waals surface area contributed by atoms with E-state index in [2.05, 4.69) is 12.1 Å². The zero-order valence-electron chi connectivity index (χ0n) is 15.4. The first kappa shape index (κ1) is 20.6. The minimum atomic E-state index is -3.63. The van der Waals surface area contributed by atoms with Gasteiger partial charge in [-0.05, 0) is 37.5 Å². The van der Waals surface area contributed by atoms with Crippen molar-refractivity contribution in [1.29, 1.82) is 0 Å². The van der Waals surface area contributed by atoms with Crippen LogP contribution < -0.4 is 0 Å². The number of unbranched alkanes of at least 4 members (excludes halogenated alkanes) is 4. The monoisotopic (exact) mass is 376 g/mol. The van der Waals surface area contributed by atoms with Gasteiger partial charge < -0.3 is 4.74 Å². The van der Waals surface area contributed by atoms with Crippen molar-refractivity contribution in [1.82, 2.24) is 0 Å². The summed E-state index contributed by atoms with van der Waals surface area (Å²) in [6.45, 7) is 3.57. The quantitative estimate of drug-likeness (QED) is 0.392. The van der Waals surface area contributed by atoms with Crippen LogP contribution in [-0.4, -0.2) is 21.6 Å². The van der Waals surface area contributed by atoms with Crippen molar-refractivity contribution in [2.24, 2.45) is 0 Å². The van der Waals surface area contributed by atoms with Gasteiger partial charge in [0.2, 0.25) is 0 Å². The lowest BCUT2D eigenvalue weighted by Gasteiger charge is -2.06. The van der Waals surface area contributed by atoms with Crippen molar-refractivity contribution >= 4 is 10.1 Å². The lowest BCUT2D eigenvalue weighted by molar-refractivity contribution is 0.116. The van der Waals surface area contributed by atoms with E-state index in [-0.39, 0.29) is 11.5 Å². The van der Waals surface area contributed by atoms with E-state index in [4.69, 9.17) is 8.92 Å². The second-order valence-corrected chi connectivity index (χ2v) is 8.01. The minimum Gasteiger partial charge on any atom is -0.377 e. The Bertz CT molecular complexity index is 724. The third-order valence-corrected chi connectivity index (χ3v) is 5.42. The molecule has 0 saturated carbocycles. The average Bonchev–Trinajstić information content (AvgIpc) is 2.64. The highest BCUT2D eigenvalue weighted by Gasteiger charge is 2.14. The second-order valence-electron chi connectivity index (χ2n) is 6.40. The van der Waals surface area contributed by atoms with Gasteiger partial charge in [0.25, 0.3) is 10.1 Å². The summed E-state index contributed by atoms with van der Waals surface area (Å²) in [5, 5.41) is 0. The van der Waals surface area contributed by atoms with E-state index in [9.17, 15) is 8.42 Å². The van der Waals surface area contributed by atoms with Gasteiger partial charge in [-0.25, -0.2) is 0 Å². The first-order chi connectivity index (χ1) is 12.6. The molecule has 0 atom stereocenters. The van der Waals surface area contributed by atoms with Crippen molar-refractivity contribution < 1.29 is 17.3 Å². The fourth-order valence-corrected chi connectivity index (χ4v) is 3.49. The molecule has 0 bridgehead atoms. The molecule has 4 nitrogen and oxygen atoms in total. The highest BCUT2D eigenvalue weighted by molar-refractivity contribution is 7.86.